The molecule has 2 fully saturated rings. The minimum Gasteiger partial charge on any atom is -0.399 e. The molecule has 0 aromatic heterocycles. The lowest BCUT2D eigenvalue weighted by atomic mass is 9.88. The summed E-state index contributed by atoms with van der Waals surface area (Å²) in [5.41, 5.74) is 6.00. The molecule has 0 bridgehead atoms. The van der Waals surface area contributed by atoms with Crippen LogP contribution in [0.2, 0.25) is 0 Å². The molecule has 1 atom stereocenters. The van der Waals surface area contributed by atoms with Gasteiger partial charge in [0.2, 0.25) is 0 Å². The zero-order valence-corrected chi connectivity index (χ0v) is 13.6. The zero-order chi connectivity index (χ0) is 14.9. The van der Waals surface area contributed by atoms with Gasteiger partial charge < -0.3 is 10.5 Å². The molecule has 0 radical (unpaired) electrons. The van der Waals surface area contributed by atoms with Gasteiger partial charge in [-0.05, 0) is 55.4 Å². The highest BCUT2D eigenvalue weighted by molar-refractivity contribution is 7.99. The van der Waals surface area contributed by atoms with Gasteiger partial charge in [-0.15, -0.1) is 0 Å². The van der Waals surface area contributed by atoms with Crippen LogP contribution in [-0.4, -0.2) is 37.4 Å². The first kappa shape index (κ1) is 15.2. The van der Waals surface area contributed by atoms with Gasteiger partial charge >= 0.3 is 0 Å². The summed E-state index contributed by atoms with van der Waals surface area (Å²) in [6.07, 6.45) is 3.11. The number of anilines is 1. The maximum absolute atomic E-state index is 12.8. The molecule has 21 heavy (non-hydrogen) atoms. The van der Waals surface area contributed by atoms with Crippen molar-refractivity contribution in [3.8, 4) is 0 Å². The largest absolute Gasteiger partial charge is 0.399 e. The first-order valence-corrected chi connectivity index (χ1v) is 10.0. The Hall–Kier alpha value is -0.720. The first-order valence-electron chi connectivity index (χ1n) is 7.33. The smallest absolute Gasteiger partial charge is 0.181 e. The van der Waals surface area contributed by atoms with Crippen molar-refractivity contribution in [1.29, 1.82) is 0 Å². The molecule has 1 aromatic rings. The van der Waals surface area contributed by atoms with E-state index in [1.165, 1.54) is 0 Å². The van der Waals surface area contributed by atoms with Crippen LogP contribution >= 0.6 is 11.8 Å². The molecule has 2 aliphatic rings. The van der Waals surface area contributed by atoms with Crippen LogP contribution in [0.25, 0.3) is 0 Å². The lowest BCUT2D eigenvalue weighted by Gasteiger charge is -2.43. The normalized spacial score (nSPS) is 25.8. The van der Waals surface area contributed by atoms with Gasteiger partial charge in [0, 0.05) is 12.3 Å². The van der Waals surface area contributed by atoms with E-state index in [9.17, 15) is 8.42 Å². The minimum atomic E-state index is -3.33. The maximum atomic E-state index is 12.8. The van der Waals surface area contributed by atoms with Crippen molar-refractivity contribution in [2.24, 2.45) is 0 Å². The molecule has 2 N–H and O–H groups in total. The lowest BCUT2D eigenvalue weighted by molar-refractivity contribution is -0.0813. The van der Waals surface area contributed by atoms with E-state index in [1.807, 2.05) is 11.8 Å². The first-order chi connectivity index (χ1) is 10.0. The fraction of sp³-hybridized carbons (Fsp3) is 0.600. The summed E-state index contributed by atoms with van der Waals surface area (Å²) in [4.78, 5) is 0.342. The molecular weight excluding hydrogens is 306 g/mol. The van der Waals surface area contributed by atoms with Crippen molar-refractivity contribution in [2.45, 2.75) is 41.4 Å². The van der Waals surface area contributed by atoms with E-state index in [-0.39, 0.29) is 10.9 Å². The molecule has 1 aromatic carbocycles. The fourth-order valence-electron chi connectivity index (χ4n) is 3.22. The van der Waals surface area contributed by atoms with Crippen LogP contribution in [0.5, 0.6) is 0 Å². The van der Waals surface area contributed by atoms with Gasteiger partial charge in [-0.3, -0.25) is 0 Å². The second-order valence-electron chi connectivity index (χ2n) is 5.88. The Morgan fingerprint density at radius 3 is 2.76 bits per heavy atom. The van der Waals surface area contributed by atoms with Crippen LogP contribution in [-0.2, 0) is 14.6 Å². The Labute approximate surface area is 130 Å². The van der Waals surface area contributed by atoms with Crippen molar-refractivity contribution < 1.29 is 13.2 Å². The Balaban J connectivity index is 1.85. The third-order valence-electron chi connectivity index (χ3n) is 4.48. The van der Waals surface area contributed by atoms with Crippen LogP contribution in [0.15, 0.2) is 29.2 Å². The van der Waals surface area contributed by atoms with Crippen molar-refractivity contribution in [2.75, 3.05) is 23.8 Å². The van der Waals surface area contributed by atoms with E-state index in [4.69, 9.17) is 10.5 Å². The molecule has 2 heterocycles. The molecular formula is C15H21NO3S2. The van der Waals surface area contributed by atoms with Crippen LogP contribution in [0.3, 0.4) is 0 Å². The lowest BCUT2D eigenvalue weighted by Crippen LogP contribution is -2.46. The van der Waals surface area contributed by atoms with E-state index in [0.717, 1.165) is 24.3 Å². The van der Waals surface area contributed by atoms with Gasteiger partial charge in [0.15, 0.2) is 9.84 Å². The topological polar surface area (TPSA) is 69.4 Å². The highest BCUT2D eigenvalue weighted by Gasteiger charge is 2.43. The number of rotatable bonds is 2. The van der Waals surface area contributed by atoms with Crippen LogP contribution < -0.4 is 5.73 Å². The average molecular weight is 327 g/mol. The van der Waals surface area contributed by atoms with Crippen molar-refractivity contribution in [3.63, 3.8) is 0 Å². The van der Waals surface area contributed by atoms with Gasteiger partial charge in [0.25, 0.3) is 0 Å². The zero-order valence-electron chi connectivity index (χ0n) is 12.0. The summed E-state index contributed by atoms with van der Waals surface area (Å²) in [6, 6.07) is 6.62. The number of nitrogen functional groups attached to an aromatic ring is 1. The molecule has 116 valence electrons. The van der Waals surface area contributed by atoms with E-state index in [1.54, 1.807) is 24.3 Å². The fourth-order valence-corrected chi connectivity index (χ4v) is 6.34. The van der Waals surface area contributed by atoms with E-state index in [0.29, 0.717) is 30.0 Å². The predicted molar refractivity (Wildman–Crippen MR) is 86.3 cm³/mol. The summed E-state index contributed by atoms with van der Waals surface area (Å²) in [7, 11) is -3.33. The third-order valence-corrected chi connectivity index (χ3v) is 7.65. The van der Waals surface area contributed by atoms with E-state index < -0.39 is 9.84 Å². The highest BCUT2D eigenvalue weighted by atomic mass is 32.2. The molecule has 1 unspecified atom stereocenters. The highest BCUT2D eigenvalue weighted by Crippen LogP contribution is 2.40. The van der Waals surface area contributed by atoms with E-state index >= 15 is 0 Å². The SMILES string of the molecule is Nc1cccc(S(=O)(=O)C2CCOC3(CCSCC3)C2)c1. The van der Waals surface area contributed by atoms with Crippen molar-refractivity contribution >= 4 is 27.3 Å². The maximum Gasteiger partial charge on any atom is 0.181 e. The summed E-state index contributed by atoms with van der Waals surface area (Å²) in [5.74, 6) is 2.12. The third kappa shape index (κ3) is 3.07. The molecule has 6 heteroatoms. The van der Waals surface area contributed by atoms with Crippen LogP contribution in [0.4, 0.5) is 5.69 Å². The summed E-state index contributed by atoms with van der Waals surface area (Å²) < 4.78 is 31.7. The number of ether oxygens (including phenoxy) is 1. The average Bonchev–Trinajstić information content (AvgIpc) is 2.48. The number of benzene rings is 1. The number of hydrogen-bond acceptors (Lipinski definition) is 5. The second-order valence-corrected chi connectivity index (χ2v) is 9.33. The number of sulfone groups is 1. The Morgan fingerprint density at radius 2 is 2.05 bits per heavy atom. The molecule has 0 saturated carbocycles. The van der Waals surface area contributed by atoms with Crippen molar-refractivity contribution in [3.05, 3.63) is 24.3 Å². The van der Waals surface area contributed by atoms with Gasteiger partial charge in [-0.2, -0.15) is 11.8 Å². The van der Waals surface area contributed by atoms with Crippen molar-refractivity contribution in [1.82, 2.24) is 0 Å². The number of hydrogen-bond donors (Lipinski definition) is 1. The monoisotopic (exact) mass is 327 g/mol. The van der Waals surface area contributed by atoms with Gasteiger partial charge in [0.1, 0.15) is 0 Å². The Bertz CT molecular complexity index is 604. The van der Waals surface area contributed by atoms with Gasteiger partial charge in [0.05, 0.1) is 15.7 Å². The molecule has 0 amide bonds. The standard InChI is InChI=1S/C15H21NO3S2/c16-12-2-1-3-13(10-12)21(17,18)14-4-7-19-15(11-14)5-8-20-9-6-15/h1-3,10,14H,4-9,11,16H2. The summed E-state index contributed by atoms with van der Waals surface area (Å²) in [6.45, 7) is 0.539. The minimum absolute atomic E-state index is 0.221. The molecule has 0 aliphatic carbocycles. The quantitative estimate of drug-likeness (QED) is 0.845. The molecule has 2 saturated heterocycles. The summed E-state index contributed by atoms with van der Waals surface area (Å²) in [5, 5.41) is -0.351. The second kappa shape index (κ2) is 5.82. The van der Waals surface area contributed by atoms with Crippen LogP contribution in [0, 0.1) is 0 Å². The number of thioether (sulfide) groups is 1. The Kier molecular flexibility index (Phi) is 4.21. The number of nitrogens with two attached hydrogens (primary N) is 1. The molecule has 3 rings (SSSR count). The molecule has 4 nitrogen and oxygen atoms in total. The molecule has 1 spiro atoms. The van der Waals surface area contributed by atoms with Gasteiger partial charge in [-0.1, -0.05) is 6.07 Å². The van der Waals surface area contributed by atoms with E-state index in [2.05, 4.69) is 0 Å². The molecule has 2 aliphatic heterocycles. The Morgan fingerprint density at radius 1 is 1.29 bits per heavy atom. The summed E-state index contributed by atoms with van der Waals surface area (Å²) >= 11 is 1.92. The van der Waals surface area contributed by atoms with Gasteiger partial charge in [-0.25, -0.2) is 8.42 Å². The predicted octanol–water partition coefficient (Wildman–Crippen LogP) is 2.49. The van der Waals surface area contributed by atoms with Crippen LogP contribution in [0.1, 0.15) is 25.7 Å².